The molecule has 1 unspecified atom stereocenters. The molecule has 0 aliphatic carbocycles. The molecule has 0 saturated heterocycles. The zero-order valence-electron chi connectivity index (χ0n) is 12.9. The number of rotatable bonds is 7. The molecule has 2 N–H and O–H groups in total. The first-order valence-corrected chi connectivity index (χ1v) is 8.05. The number of nitrogens with zero attached hydrogens (tertiary/aromatic N) is 1. The maximum atomic E-state index is 12.1. The van der Waals surface area contributed by atoms with E-state index in [2.05, 4.69) is 5.32 Å². The van der Waals surface area contributed by atoms with Gasteiger partial charge in [0.15, 0.2) is 0 Å². The lowest BCUT2D eigenvalue weighted by Crippen LogP contribution is -2.52. The molecule has 0 bridgehead atoms. The van der Waals surface area contributed by atoms with Crippen molar-refractivity contribution in [1.82, 2.24) is 9.62 Å². The average Bonchev–Trinajstić information content (AvgIpc) is 2.88. The topological polar surface area (TPSA) is 117 Å². The number of aliphatic carboxylic acids is 1. The second kappa shape index (κ2) is 6.49. The van der Waals surface area contributed by atoms with E-state index in [0.717, 1.165) is 16.6 Å². The van der Waals surface area contributed by atoms with E-state index in [1.807, 2.05) is 0 Å². The van der Waals surface area contributed by atoms with Gasteiger partial charge in [-0.05, 0) is 13.3 Å². The fraction of sp³-hybridized carbons (Fsp3) is 0.538. The Kier molecular flexibility index (Phi) is 5.36. The van der Waals surface area contributed by atoms with Crippen LogP contribution < -0.4 is 5.32 Å². The van der Waals surface area contributed by atoms with Crippen LogP contribution in [0.1, 0.15) is 37.0 Å². The SMILES string of the molecule is CCCC(C)(NC(=O)c1coc(S(=O)(=O)N(C)C)c1)C(=O)O. The van der Waals surface area contributed by atoms with Crippen molar-refractivity contribution >= 4 is 21.9 Å². The lowest BCUT2D eigenvalue weighted by atomic mass is 9.96. The molecule has 1 heterocycles. The highest BCUT2D eigenvalue weighted by Gasteiger charge is 2.35. The maximum absolute atomic E-state index is 12.1. The van der Waals surface area contributed by atoms with Crippen LogP contribution in [-0.4, -0.2) is 49.3 Å². The summed E-state index contributed by atoms with van der Waals surface area (Å²) in [5.41, 5.74) is -1.48. The first-order chi connectivity index (χ1) is 10.0. The molecule has 0 aliphatic heterocycles. The summed E-state index contributed by atoms with van der Waals surface area (Å²) in [5, 5.41) is 11.2. The third-order valence-corrected chi connectivity index (χ3v) is 4.87. The molecule has 1 rings (SSSR count). The normalized spacial score (nSPS) is 14.6. The number of furan rings is 1. The standard InChI is InChI=1S/C13H20N2O6S/c1-5-6-13(2,12(17)18)14-11(16)9-7-10(21-8-9)22(19,20)15(3)4/h7-8H,5-6H2,1-4H3,(H,14,16)(H,17,18). The van der Waals surface area contributed by atoms with Crippen molar-refractivity contribution in [3.63, 3.8) is 0 Å². The molecule has 1 atom stereocenters. The highest BCUT2D eigenvalue weighted by Crippen LogP contribution is 2.19. The number of carbonyl (C=O) groups excluding carboxylic acids is 1. The van der Waals surface area contributed by atoms with Crippen LogP contribution >= 0.6 is 0 Å². The Morgan fingerprint density at radius 2 is 2.00 bits per heavy atom. The van der Waals surface area contributed by atoms with Crippen molar-refractivity contribution in [3.05, 3.63) is 17.9 Å². The van der Waals surface area contributed by atoms with Gasteiger partial charge in [-0.1, -0.05) is 13.3 Å². The summed E-state index contributed by atoms with van der Waals surface area (Å²) in [6.45, 7) is 3.20. The molecule has 0 aliphatic rings. The van der Waals surface area contributed by atoms with Crippen LogP contribution in [-0.2, 0) is 14.8 Å². The minimum absolute atomic E-state index is 0.0518. The molecule has 9 heteroatoms. The van der Waals surface area contributed by atoms with Crippen LogP contribution in [0.2, 0.25) is 0 Å². The van der Waals surface area contributed by atoms with E-state index in [-0.39, 0.29) is 17.1 Å². The number of hydrogen-bond donors (Lipinski definition) is 2. The zero-order valence-corrected chi connectivity index (χ0v) is 13.7. The molecule has 124 valence electrons. The Labute approximate surface area is 129 Å². The van der Waals surface area contributed by atoms with Gasteiger partial charge in [-0.2, -0.15) is 0 Å². The predicted octanol–water partition coefficient (Wildman–Crippen LogP) is 0.903. The lowest BCUT2D eigenvalue weighted by Gasteiger charge is -2.25. The number of carboxylic acid groups (broad SMARTS) is 1. The van der Waals surface area contributed by atoms with Crippen molar-refractivity contribution in [3.8, 4) is 0 Å². The third-order valence-electron chi connectivity index (χ3n) is 3.18. The van der Waals surface area contributed by atoms with Crippen LogP contribution in [0.4, 0.5) is 0 Å². The zero-order chi connectivity index (χ0) is 17.1. The molecular formula is C13H20N2O6S. The highest BCUT2D eigenvalue weighted by atomic mass is 32.2. The molecule has 1 amide bonds. The molecule has 0 radical (unpaired) electrons. The Bertz CT molecular complexity index is 664. The second-order valence-corrected chi connectivity index (χ2v) is 7.37. The van der Waals surface area contributed by atoms with Gasteiger partial charge >= 0.3 is 5.97 Å². The molecule has 0 saturated carbocycles. The molecule has 8 nitrogen and oxygen atoms in total. The van der Waals surface area contributed by atoms with Gasteiger partial charge in [0.2, 0.25) is 5.09 Å². The Morgan fingerprint density at radius 3 is 2.45 bits per heavy atom. The summed E-state index contributed by atoms with van der Waals surface area (Å²) in [5.74, 6) is -1.87. The fourth-order valence-electron chi connectivity index (χ4n) is 1.80. The van der Waals surface area contributed by atoms with E-state index in [4.69, 9.17) is 4.42 Å². The third kappa shape index (κ3) is 3.66. The largest absolute Gasteiger partial charge is 0.480 e. The van der Waals surface area contributed by atoms with E-state index >= 15 is 0 Å². The minimum atomic E-state index is -3.79. The van der Waals surface area contributed by atoms with E-state index in [1.165, 1.54) is 21.0 Å². The minimum Gasteiger partial charge on any atom is -0.480 e. The van der Waals surface area contributed by atoms with Crippen molar-refractivity contribution in [2.75, 3.05) is 14.1 Å². The van der Waals surface area contributed by atoms with Crippen LogP contribution in [0.15, 0.2) is 21.8 Å². The lowest BCUT2D eigenvalue weighted by molar-refractivity contribution is -0.144. The number of amides is 1. The van der Waals surface area contributed by atoms with Crippen LogP contribution in [0.3, 0.4) is 0 Å². The molecule has 0 fully saturated rings. The first kappa shape index (κ1) is 18.2. The van der Waals surface area contributed by atoms with Gasteiger partial charge < -0.3 is 14.8 Å². The summed E-state index contributed by atoms with van der Waals surface area (Å²) in [6.07, 6.45) is 1.80. The monoisotopic (exact) mass is 332 g/mol. The Morgan fingerprint density at radius 1 is 1.41 bits per heavy atom. The van der Waals surface area contributed by atoms with Gasteiger partial charge in [-0.15, -0.1) is 0 Å². The van der Waals surface area contributed by atoms with Crippen molar-refractivity contribution < 1.29 is 27.5 Å². The molecular weight excluding hydrogens is 312 g/mol. The molecule has 22 heavy (non-hydrogen) atoms. The van der Waals surface area contributed by atoms with Gasteiger partial charge in [0.25, 0.3) is 15.9 Å². The maximum Gasteiger partial charge on any atom is 0.329 e. The molecule has 1 aromatic heterocycles. The Balaban J connectivity index is 3.01. The van der Waals surface area contributed by atoms with Crippen molar-refractivity contribution in [2.45, 2.75) is 37.3 Å². The van der Waals surface area contributed by atoms with Gasteiger partial charge in [-0.25, -0.2) is 17.5 Å². The quantitative estimate of drug-likeness (QED) is 0.766. The first-order valence-electron chi connectivity index (χ1n) is 6.61. The van der Waals surface area contributed by atoms with Gasteiger partial charge in [0, 0.05) is 20.2 Å². The van der Waals surface area contributed by atoms with Gasteiger partial charge in [-0.3, -0.25) is 4.79 Å². The van der Waals surface area contributed by atoms with Crippen molar-refractivity contribution in [1.29, 1.82) is 0 Å². The molecule has 1 aromatic rings. The number of sulfonamides is 1. The average molecular weight is 332 g/mol. The van der Waals surface area contributed by atoms with Crippen LogP contribution in [0, 0.1) is 0 Å². The summed E-state index contributed by atoms with van der Waals surface area (Å²) in [6, 6.07) is 1.07. The number of carbonyl (C=O) groups is 2. The second-order valence-electron chi connectivity index (χ2n) is 5.28. The summed E-state index contributed by atoms with van der Waals surface area (Å²) < 4.78 is 29.6. The number of nitrogens with one attached hydrogen (secondary N) is 1. The van der Waals surface area contributed by atoms with Gasteiger partial charge in [0.1, 0.15) is 11.8 Å². The van der Waals surface area contributed by atoms with Gasteiger partial charge in [0.05, 0.1) is 5.56 Å². The van der Waals surface area contributed by atoms with E-state index < -0.39 is 27.4 Å². The number of carboxylic acids is 1. The van der Waals surface area contributed by atoms with Crippen molar-refractivity contribution in [2.24, 2.45) is 0 Å². The predicted molar refractivity (Wildman–Crippen MR) is 78.0 cm³/mol. The molecule has 0 spiro atoms. The molecule has 0 aromatic carbocycles. The van der Waals surface area contributed by atoms with E-state index in [0.29, 0.717) is 6.42 Å². The Hall–Kier alpha value is -1.87. The number of hydrogen-bond acceptors (Lipinski definition) is 5. The summed E-state index contributed by atoms with van der Waals surface area (Å²) in [4.78, 5) is 23.4. The van der Waals surface area contributed by atoms with Crippen LogP contribution in [0.5, 0.6) is 0 Å². The summed E-state index contributed by atoms with van der Waals surface area (Å²) >= 11 is 0. The van der Waals surface area contributed by atoms with E-state index in [9.17, 15) is 23.1 Å². The summed E-state index contributed by atoms with van der Waals surface area (Å²) in [7, 11) is -1.12. The van der Waals surface area contributed by atoms with Crippen LogP contribution in [0.25, 0.3) is 0 Å². The fourth-order valence-corrected chi connectivity index (χ4v) is 2.60. The highest BCUT2D eigenvalue weighted by molar-refractivity contribution is 7.88. The smallest absolute Gasteiger partial charge is 0.329 e. The van der Waals surface area contributed by atoms with E-state index in [1.54, 1.807) is 6.92 Å².